The molecule has 2 aromatic heterocycles. The Hall–Kier alpha value is -2.76. The van der Waals surface area contributed by atoms with Crippen molar-refractivity contribution in [2.24, 2.45) is 0 Å². The van der Waals surface area contributed by atoms with Crippen molar-refractivity contribution in [3.8, 4) is 0 Å². The van der Waals surface area contributed by atoms with Crippen molar-refractivity contribution in [1.82, 2.24) is 24.4 Å². The smallest absolute Gasteiger partial charge is 0.274 e. The van der Waals surface area contributed by atoms with Gasteiger partial charge in [-0.1, -0.05) is 12.1 Å². The van der Waals surface area contributed by atoms with Crippen molar-refractivity contribution in [3.05, 3.63) is 53.9 Å². The van der Waals surface area contributed by atoms with Gasteiger partial charge in [0.05, 0.1) is 29.0 Å². The quantitative estimate of drug-likeness (QED) is 0.738. The second-order valence-corrected chi connectivity index (χ2v) is 6.40. The van der Waals surface area contributed by atoms with Crippen LogP contribution in [-0.4, -0.2) is 36.9 Å². The number of benzene rings is 1. The van der Waals surface area contributed by atoms with Crippen LogP contribution in [0.1, 0.15) is 47.8 Å². The Morgan fingerprint density at radius 3 is 2.84 bits per heavy atom. The standard InChI is InChI=1S/C19H21N5O/c1-3-23-16-8-5-4-7-14(16)22-18(23)17-9-6-10-24(17)19(25)15-12-20-13(2)11-21-15/h4-5,7-8,11-12,17H,3,6,9-10H2,1-2H3/t17-/m1/s1. The molecular weight excluding hydrogens is 314 g/mol. The van der Waals surface area contributed by atoms with Crippen molar-refractivity contribution in [3.63, 3.8) is 0 Å². The van der Waals surface area contributed by atoms with Gasteiger partial charge in [0, 0.05) is 19.3 Å². The highest BCUT2D eigenvalue weighted by Gasteiger charge is 2.34. The van der Waals surface area contributed by atoms with Crippen LogP contribution in [0.4, 0.5) is 0 Å². The zero-order valence-electron chi connectivity index (χ0n) is 14.5. The van der Waals surface area contributed by atoms with Gasteiger partial charge >= 0.3 is 0 Å². The third-order valence-electron chi connectivity index (χ3n) is 4.81. The van der Waals surface area contributed by atoms with Crippen LogP contribution in [0.3, 0.4) is 0 Å². The molecule has 0 unspecified atom stereocenters. The lowest BCUT2D eigenvalue weighted by molar-refractivity contribution is 0.0721. The molecule has 1 amide bonds. The Morgan fingerprint density at radius 2 is 2.08 bits per heavy atom. The molecule has 25 heavy (non-hydrogen) atoms. The lowest BCUT2D eigenvalue weighted by Gasteiger charge is -2.24. The SMILES string of the molecule is CCn1c([C@H]2CCCN2C(=O)c2cnc(C)cn2)nc2ccccc21. The molecule has 4 rings (SSSR count). The molecule has 0 radical (unpaired) electrons. The van der Waals surface area contributed by atoms with E-state index < -0.39 is 0 Å². The molecule has 6 heteroatoms. The molecule has 1 saturated heterocycles. The van der Waals surface area contributed by atoms with Crippen LogP contribution in [0, 0.1) is 6.92 Å². The summed E-state index contributed by atoms with van der Waals surface area (Å²) in [6.07, 6.45) is 5.10. The van der Waals surface area contributed by atoms with Gasteiger partial charge in [-0.15, -0.1) is 0 Å². The van der Waals surface area contributed by atoms with Gasteiger partial charge in [0.2, 0.25) is 0 Å². The number of imidazole rings is 1. The number of likely N-dealkylation sites (tertiary alicyclic amines) is 1. The summed E-state index contributed by atoms with van der Waals surface area (Å²) < 4.78 is 2.21. The number of amides is 1. The predicted molar refractivity (Wildman–Crippen MR) is 95.2 cm³/mol. The van der Waals surface area contributed by atoms with E-state index in [9.17, 15) is 4.79 Å². The van der Waals surface area contributed by atoms with Crippen LogP contribution in [0.15, 0.2) is 36.7 Å². The highest BCUT2D eigenvalue weighted by atomic mass is 16.2. The maximum atomic E-state index is 12.9. The molecule has 6 nitrogen and oxygen atoms in total. The molecule has 3 aromatic rings. The van der Waals surface area contributed by atoms with Crippen LogP contribution < -0.4 is 0 Å². The van der Waals surface area contributed by atoms with Gasteiger partial charge in [-0.05, 0) is 38.8 Å². The molecule has 0 N–H and O–H groups in total. The zero-order valence-corrected chi connectivity index (χ0v) is 14.5. The highest BCUT2D eigenvalue weighted by molar-refractivity contribution is 5.92. The summed E-state index contributed by atoms with van der Waals surface area (Å²) in [5.74, 6) is 0.902. The minimum Gasteiger partial charge on any atom is -0.327 e. The second kappa shape index (κ2) is 6.27. The van der Waals surface area contributed by atoms with E-state index in [-0.39, 0.29) is 11.9 Å². The number of hydrogen-bond acceptors (Lipinski definition) is 4. The number of fused-ring (bicyclic) bond motifs is 1. The number of carbonyl (C=O) groups excluding carboxylic acids is 1. The molecule has 128 valence electrons. The van der Waals surface area contributed by atoms with Crippen LogP contribution in [0.5, 0.6) is 0 Å². The Bertz CT molecular complexity index is 915. The summed E-state index contributed by atoms with van der Waals surface area (Å²) in [7, 11) is 0. The third kappa shape index (κ3) is 2.67. The van der Waals surface area contributed by atoms with Crippen molar-refractivity contribution in [2.45, 2.75) is 39.3 Å². The first kappa shape index (κ1) is 15.7. The number of rotatable bonds is 3. The fourth-order valence-electron chi connectivity index (χ4n) is 3.61. The number of para-hydroxylation sites is 2. The average molecular weight is 335 g/mol. The zero-order chi connectivity index (χ0) is 17.4. The van der Waals surface area contributed by atoms with Crippen molar-refractivity contribution in [1.29, 1.82) is 0 Å². The summed E-state index contributed by atoms with van der Waals surface area (Å²) in [5.41, 5.74) is 3.31. The van der Waals surface area contributed by atoms with Gasteiger partial charge in [0.25, 0.3) is 5.91 Å². The van der Waals surface area contributed by atoms with E-state index in [0.29, 0.717) is 5.69 Å². The van der Waals surface area contributed by atoms with Crippen LogP contribution in [0.25, 0.3) is 11.0 Å². The summed E-state index contributed by atoms with van der Waals surface area (Å²) in [4.78, 5) is 28.1. The van der Waals surface area contributed by atoms with Gasteiger partial charge in [-0.3, -0.25) is 9.78 Å². The summed E-state index contributed by atoms with van der Waals surface area (Å²) in [5, 5.41) is 0. The van der Waals surface area contributed by atoms with E-state index in [0.717, 1.165) is 48.5 Å². The van der Waals surface area contributed by atoms with Crippen LogP contribution in [-0.2, 0) is 6.54 Å². The first-order valence-corrected chi connectivity index (χ1v) is 8.74. The first-order chi connectivity index (χ1) is 12.2. The molecular formula is C19H21N5O. The number of aryl methyl sites for hydroxylation is 2. The predicted octanol–water partition coefficient (Wildman–Crippen LogP) is 3.13. The third-order valence-corrected chi connectivity index (χ3v) is 4.81. The van der Waals surface area contributed by atoms with Gasteiger partial charge in [0.1, 0.15) is 11.5 Å². The van der Waals surface area contributed by atoms with E-state index >= 15 is 0 Å². The van der Waals surface area contributed by atoms with Gasteiger partial charge in [-0.2, -0.15) is 0 Å². The molecule has 1 fully saturated rings. The fourth-order valence-corrected chi connectivity index (χ4v) is 3.61. The number of aromatic nitrogens is 4. The molecule has 1 aromatic carbocycles. The Kier molecular flexibility index (Phi) is 3.95. The minimum atomic E-state index is -0.0651. The van der Waals surface area contributed by atoms with Gasteiger partial charge < -0.3 is 9.47 Å². The van der Waals surface area contributed by atoms with E-state index in [1.54, 1.807) is 12.4 Å². The lowest BCUT2D eigenvalue weighted by atomic mass is 10.2. The van der Waals surface area contributed by atoms with E-state index in [4.69, 9.17) is 4.98 Å². The minimum absolute atomic E-state index is 0.0112. The lowest BCUT2D eigenvalue weighted by Crippen LogP contribution is -2.32. The van der Waals surface area contributed by atoms with Crippen molar-refractivity contribution in [2.75, 3.05) is 6.54 Å². The van der Waals surface area contributed by atoms with E-state index in [2.05, 4.69) is 27.5 Å². The fraction of sp³-hybridized carbons (Fsp3) is 0.368. The molecule has 1 aliphatic heterocycles. The van der Waals surface area contributed by atoms with Gasteiger partial charge in [0.15, 0.2) is 0 Å². The molecule has 1 aliphatic rings. The molecule has 0 saturated carbocycles. The monoisotopic (exact) mass is 335 g/mol. The Morgan fingerprint density at radius 1 is 1.24 bits per heavy atom. The number of nitrogens with zero attached hydrogens (tertiary/aromatic N) is 5. The summed E-state index contributed by atoms with van der Waals surface area (Å²) >= 11 is 0. The average Bonchev–Trinajstić information content (AvgIpc) is 3.25. The van der Waals surface area contributed by atoms with Crippen LogP contribution in [0.2, 0.25) is 0 Å². The summed E-state index contributed by atoms with van der Waals surface area (Å²) in [6, 6.07) is 8.13. The Balaban J connectivity index is 1.72. The molecule has 3 heterocycles. The topological polar surface area (TPSA) is 63.9 Å². The largest absolute Gasteiger partial charge is 0.327 e. The van der Waals surface area contributed by atoms with E-state index in [1.807, 2.05) is 30.0 Å². The molecule has 1 atom stereocenters. The Labute approximate surface area is 146 Å². The van der Waals surface area contributed by atoms with E-state index in [1.165, 1.54) is 0 Å². The number of carbonyl (C=O) groups is 1. The second-order valence-electron chi connectivity index (χ2n) is 6.40. The molecule has 0 bridgehead atoms. The van der Waals surface area contributed by atoms with Crippen molar-refractivity contribution >= 4 is 16.9 Å². The van der Waals surface area contributed by atoms with Gasteiger partial charge in [-0.25, -0.2) is 9.97 Å². The van der Waals surface area contributed by atoms with Crippen molar-refractivity contribution < 1.29 is 4.79 Å². The maximum Gasteiger partial charge on any atom is 0.274 e. The number of hydrogen-bond donors (Lipinski definition) is 0. The normalized spacial score (nSPS) is 17.4. The molecule has 0 aliphatic carbocycles. The highest BCUT2D eigenvalue weighted by Crippen LogP contribution is 2.34. The maximum absolute atomic E-state index is 12.9. The van der Waals surface area contributed by atoms with Crippen LogP contribution >= 0.6 is 0 Å². The summed E-state index contributed by atoms with van der Waals surface area (Å²) in [6.45, 7) is 5.54. The first-order valence-electron chi connectivity index (χ1n) is 8.74. The molecule has 0 spiro atoms.